The third-order valence-electron chi connectivity index (χ3n) is 5.74. The first kappa shape index (κ1) is 23.2. The Kier molecular flexibility index (Phi) is 7.57. The maximum absolute atomic E-state index is 13.7. The van der Waals surface area contributed by atoms with Gasteiger partial charge in [-0.3, -0.25) is 14.5 Å². The van der Waals surface area contributed by atoms with Crippen molar-refractivity contribution >= 4 is 46.1 Å². The van der Waals surface area contributed by atoms with E-state index in [1.54, 1.807) is 24.3 Å². The molecule has 0 unspecified atom stereocenters. The van der Waals surface area contributed by atoms with E-state index in [4.69, 9.17) is 4.74 Å². The lowest BCUT2D eigenvalue weighted by Crippen LogP contribution is -2.46. The topological polar surface area (TPSA) is 75.7 Å². The summed E-state index contributed by atoms with van der Waals surface area (Å²) in [5, 5.41) is 6.99. The molecule has 0 radical (unpaired) electrons. The lowest BCUT2D eigenvalue weighted by molar-refractivity contribution is -0.126. The zero-order valence-corrected chi connectivity index (χ0v) is 20.0. The Bertz CT molecular complexity index is 1090. The fourth-order valence-corrected chi connectivity index (χ4v) is 5.66. The number of carbonyl (C=O) groups excluding carboxylic acids is 3. The zero-order valence-electron chi connectivity index (χ0n) is 18.4. The highest BCUT2D eigenvalue weighted by atomic mass is 32.1. The summed E-state index contributed by atoms with van der Waals surface area (Å²) in [6.45, 7) is 0. The molecule has 8 heteroatoms. The van der Waals surface area contributed by atoms with E-state index >= 15 is 0 Å². The minimum Gasteiger partial charge on any atom is -0.465 e. The smallest absolute Gasteiger partial charge is 0.337 e. The van der Waals surface area contributed by atoms with Crippen LogP contribution in [-0.2, 0) is 20.7 Å². The standard InChI is InChI=1S/C25H26N2O4S2/c1-31-25(30)17-7-4-10-19(15-17)27(22(28)16-20-11-5-13-32-20)23(21-12-6-14-33-21)24(29)26-18-8-2-3-9-18/h4-7,10-15,18,23H,2-3,8-9,16H2,1H3,(H,26,29)/t23-/m0/s1. The van der Waals surface area contributed by atoms with Gasteiger partial charge in [0.15, 0.2) is 0 Å². The molecule has 2 aromatic heterocycles. The third kappa shape index (κ3) is 5.51. The Hall–Kier alpha value is -2.97. The van der Waals surface area contributed by atoms with Gasteiger partial charge in [-0.15, -0.1) is 22.7 Å². The van der Waals surface area contributed by atoms with Crippen LogP contribution in [0.5, 0.6) is 0 Å². The van der Waals surface area contributed by atoms with Crippen LogP contribution in [0.4, 0.5) is 5.69 Å². The van der Waals surface area contributed by atoms with E-state index in [1.165, 1.54) is 34.7 Å². The molecule has 1 aliphatic rings. The van der Waals surface area contributed by atoms with E-state index in [1.807, 2.05) is 35.0 Å². The van der Waals surface area contributed by atoms with E-state index in [0.717, 1.165) is 35.4 Å². The van der Waals surface area contributed by atoms with Crippen molar-refractivity contribution in [3.63, 3.8) is 0 Å². The number of hydrogen-bond acceptors (Lipinski definition) is 6. The van der Waals surface area contributed by atoms with Crippen molar-refractivity contribution < 1.29 is 19.1 Å². The molecular formula is C25H26N2O4S2. The molecule has 4 rings (SSSR count). The largest absolute Gasteiger partial charge is 0.465 e. The van der Waals surface area contributed by atoms with Gasteiger partial charge in [0.25, 0.3) is 0 Å². The highest BCUT2D eigenvalue weighted by molar-refractivity contribution is 7.10. The molecule has 2 amide bonds. The molecule has 2 heterocycles. The number of nitrogens with one attached hydrogen (secondary N) is 1. The monoisotopic (exact) mass is 482 g/mol. The van der Waals surface area contributed by atoms with Crippen molar-refractivity contribution in [2.75, 3.05) is 12.0 Å². The summed E-state index contributed by atoms with van der Waals surface area (Å²) >= 11 is 2.94. The number of methoxy groups -OCH3 is 1. The number of anilines is 1. The minimum absolute atomic E-state index is 0.121. The van der Waals surface area contributed by atoms with Crippen LogP contribution in [-0.4, -0.2) is 30.9 Å². The van der Waals surface area contributed by atoms with Crippen LogP contribution in [0, 0.1) is 0 Å². The Morgan fingerprint density at radius 3 is 2.48 bits per heavy atom. The van der Waals surface area contributed by atoms with Gasteiger partial charge in [-0.05, 0) is 53.9 Å². The number of ether oxygens (including phenoxy) is 1. The van der Waals surface area contributed by atoms with Gasteiger partial charge in [0.1, 0.15) is 6.04 Å². The van der Waals surface area contributed by atoms with Crippen molar-refractivity contribution in [2.24, 2.45) is 0 Å². The maximum atomic E-state index is 13.7. The molecule has 33 heavy (non-hydrogen) atoms. The van der Waals surface area contributed by atoms with E-state index in [2.05, 4.69) is 5.32 Å². The molecule has 1 aliphatic carbocycles. The molecule has 1 saturated carbocycles. The molecular weight excluding hydrogens is 456 g/mol. The second-order valence-corrected chi connectivity index (χ2v) is 9.98. The Morgan fingerprint density at radius 1 is 1.06 bits per heavy atom. The lowest BCUT2D eigenvalue weighted by Gasteiger charge is -2.31. The van der Waals surface area contributed by atoms with Crippen LogP contribution in [0.15, 0.2) is 59.3 Å². The second kappa shape index (κ2) is 10.8. The number of esters is 1. The van der Waals surface area contributed by atoms with Gasteiger partial charge < -0.3 is 10.1 Å². The summed E-state index contributed by atoms with van der Waals surface area (Å²) in [5.74, 6) is -0.905. The summed E-state index contributed by atoms with van der Waals surface area (Å²) < 4.78 is 4.87. The van der Waals surface area contributed by atoms with E-state index in [-0.39, 0.29) is 24.3 Å². The van der Waals surface area contributed by atoms with E-state index in [9.17, 15) is 14.4 Å². The highest BCUT2D eigenvalue weighted by Gasteiger charge is 2.35. The Balaban J connectivity index is 1.75. The van der Waals surface area contributed by atoms with Crippen LogP contribution < -0.4 is 10.2 Å². The van der Waals surface area contributed by atoms with E-state index in [0.29, 0.717) is 11.3 Å². The number of hydrogen-bond donors (Lipinski definition) is 1. The van der Waals surface area contributed by atoms with Gasteiger partial charge in [0, 0.05) is 21.5 Å². The summed E-state index contributed by atoms with van der Waals surface area (Å²) in [4.78, 5) is 42.7. The fraction of sp³-hybridized carbons (Fsp3) is 0.320. The summed E-state index contributed by atoms with van der Waals surface area (Å²) in [5.41, 5.74) is 0.810. The first-order valence-corrected chi connectivity index (χ1v) is 12.7. The zero-order chi connectivity index (χ0) is 23.2. The van der Waals surface area contributed by atoms with Crippen molar-refractivity contribution in [2.45, 2.75) is 44.2 Å². The molecule has 0 spiro atoms. The summed E-state index contributed by atoms with van der Waals surface area (Å²) in [6, 6.07) is 13.6. The average molecular weight is 483 g/mol. The van der Waals surface area contributed by atoms with Crippen molar-refractivity contribution in [1.29, 1.82) is 0 Å². The Morgan fingerprint density at radius 2 is 1.82 bits per heavy atom. The van der Waals surface area contributed by atoms with Crippen molar-refractivity contribution in [3.05, 3.63) is 74.6 Å². The molecule has 0 saturated heterocycles. The fourth-order valence-electron chi connectivity index (χ4n) is 4.16. The van der Waals surface area contributed by atoms with Gasteiger partial charge in [0.05, 0.1) is 19.1 Å². The van der Waals surface area contributed by atoms with Crippen LogP contribution in [0.25, 0.3) is 0 Å². The summed E-state index contributed by atoms with van der Waals surface area (Å²) in [7, 11) is 1.32. The van der Waals surface area contributed by atoms with Crippen molar-refractivity contribution in [3.8, 4) is 0 Å². The van der Waals surface area contributed by atoms with E-state index < -0.39 is 12.0 Å². The van der Waals surface area contributed by atoms with Crippen LogP contribution in [0.2, 0.25) is 0 Å². The molecule has 172 valence electrons. The molecule has 0 aliphatic heterocycles. The highest BCUT2D eigenvalue weighted by Crippen LogP contribution is 2.33. The van der Waals surface area contributed by atoms with Crippen molar-refractivity contribution in [1.82, 2.24) is 5.32 Å². The molecule has 3 aromatic rings. The SMILES string of the molecule is COC(=O)c1cccc(N(C(=O)Cc2cccs2)[C@H](C(=O)NC2CCCC2)c2cccs2)c1. The summed E-state index contributed by atoms with van der Waals surface area (Å²) in [6.07, 6.45) is 4.25. The average Bonchev–Trinajstić information content (AvgIpc) is 3.60. The number of rotatable bonds is 8. The normalized spacial score (nSPS) is 14.6. The number of amides is 2. The molecule has 1 fully saturated rings. The number of carbonyl (C=O) groups is 3. The van der Waals surface area contributed by atoms with Gasteiger partial charge >= 0.3 is 5.97 Å². The predicted octanol–water partition coefficient (Wildman–Crippen LogP) is 4.97. The Labute approximate surface area is 201 Å². The van der Waals surface area contributed by atoms with Gasteiger partial charge in [-0.25, -0.2) is 4.79 Å². The first-order chi connectivity index (χ1) is 16.1. The van der Waals surface area contributed by atoms with Crippen LogP contribution >= 0.6 is 22.7 Å². The molecule has 1 N–H and O–H groups in total. The maximum Gasteiger partial charge on any atom is 0.337 e. The van der Waals surface area contributed by atoms with Crippen LogP contribution in [0.3, 0.4) is 0 Å². The number of nitrogens with zero attached hydrogens (tertiary/aromatic N) is 1. The first-order valence-electron chi connectivity index (χ1n) is 10.9. The second-order valence-electron chi connectivity index (χ2n) is 7.97. The van der Waals surface area contributed by atoms with Gasteiger partial charge in [-0.1, -0.05) is 31.0 Å². The van der Waals surface area contributed by atoms with Gasteiger partial charge in [0.2, 0.25) is 11.8 Å². The molecule has 1 atom stereocenters. The number of thiophene rings is 2. The lowest BCUT2D eigenvalue weighted by atomic mass is 10.1. The van der Waals surface area contributed by atoms with Gasteiger partial charge in [-0.2, -0.15) is 0 Å². The third-order valence-corrected chi connectivity index (χ3v) is 7.54. The van der Waals surface area contributed by atoms with Crippen LogP contribution in [0.1, 0.15) is 51.8 Å². The molecule has 6 nitrogen and oxygen atoms in total. The molecule has 1 aromatic carbocycles. The quantitative estimate of drug-likeness (QED) is 0.460. The number of benzene rings is 1. The molecule has 0 bridgehead atoms. The minimum atomic E-state index is -0.828. The predicted molar refractivity (Wildman–Crippen MR) is 131 cm³/mol.